The second-order valence-electron chi connectivity index (χ2n) is 11.8. The molecular formula is C42H37FO8. The molecule has 0 bridgehead atoms. The predicted octanol–water partition coefficient (Wildman–Crippen LogP) is 9.05. The smallest absolute Gasteiger partial charge is 0.338 e. The van der Waals surface area contributed by atoms with E-state index in [1.54, 1.807) is 49.4 Å². The van der Waals surface area contributed by atoms with Crippen LogP contribution in [0.4, 0.5) is 4.39 Å². The molecule has 0 spiro atoms. The van der Waals surface area contributed by atoms with Gasteiger partial charge >= 0.3 is 17.9 Å². The lowest BCUT2D eigenvalue weighted by Crippen LogP contribution is -2.17. The molecule has 1 atom stereocenters. The molecule has 4 aromatic carbocycles. The van der Waals surface area contributed by atoms with E-state index in [-0.39, 0.29) is 45.3 Å². The number of aliphatic hydroxyl groups excluding tert-OH is 1. The van der Waals surface area contributed by atoms with Crippen LogP contribution in [0.3, 0.4) is 0 Å². The number of carbonyl (C=O) groups is 3. The average Bonchev–Trinajstić information content (AvgIpc) is 3.08. The minimum absolute atomic E-state index is 0.0246. The van der Waals surface area contributed by atoms with E-state index in [1.165, 1.54) is 39.0 Å². The monoisotopic (exact) mass is 688 g/mol. The molecule has 1 unspecified atom stereocenters. The van der Waals surface area contributed by atoms with Crippen LogP contribution in [0.25, 0.3) is 34.4 Å². The van der Waals surface area contributed by atoms with Gasteiger partial charge in [0.1, 0.15) is 5.82 Å². The highest BCUT2D eigenvalue weighted by molar-refractivity contribution is 5.92. The molecule has 9 heteroatoms. The quantitative estimate of drug-likeness (QED) is 0.0370. The summed E-state index contributed by atoms with van der Waals surface area (Å²) in [7, 11) is 0. The van der Waals surface area contributed by atoms with E-state index in [1.807, 2.05) is 30.3 Å². The van der Waals surface area contributed by atoms with E-state index in [2.05, 4.69) is 26.3 Å². The Morgan fingerprint density at radius 2 is 1.04 bits per heavy atom. The van der Waals surface area contributed by atoms with E-state index in [0.717, 1.165) is 16.7 Å². The second-order valence-corrected chi connectivity index (χ2v) is 11.8. The fraction of sp³-hybridized carbons (Fsp3) is 0.119. The summed E-state index contributed by atoms with van der Waals surface area (Å²) in [4.78, 5) is 36.7. The van der Waals surface area contributed by atoms with Crippen LogP contribution in [0.1, 0.15) is 38.8 Å². The molecule has 0 aliphatic rings. The maximum absolute atomic E-state index is 15.4. The molecule has 0 fully saturated rings. The summed E-state index contributed by atoms with van der Waals surface area (Å²) in [6, 6.07) is 21.6. The Morgan fingerprint density at radius 3 is 1.59 bits per heavy atom. The van der Waals surface area contributed by atoms with Gasteiger partial charge in [0.05, 0.1) is 0 Å². The SMILES string of the molecule is C=C(C)C(=O)Oc1ccc(-c2ccc(/C=C/c3ccc(-c4ccc(OC(O)C(=C)C)c(OC(=O)C(=C)C)c4)cc3)cc2F)cc1OC(=O)C(=C)C. The number of esters is 3. The third-order valence-electron chi connectivity index (χ3n) is 7.22. The maximum Gasteiger partial charge on any atom is 0.338 e. The first-order valence-corrected chi connectivity index (χ1v) is 15.6. The lowest BCUT2D eigenvalue weighted by molar-refractivity contribution is -0.132. The number of halogens is 1. The molecule has 8 nitrogen and oxygen atoms in total. The van der Waals surface area contributed by atoms with Crippen molar-refractivity contribution in [3.8, 4) is 45.3 Å². The number of rotatable bonds is 13. The summed E-state index contributed by atoms with van der Waals surface area (Å²) < 4.78 is 37.1. The Balaban J connectivity index is 1.55. The molecule has 0 aliphatic heterocycles. The lowest BCUT2D eigenvalue weighted by Gasteiger charge is -2.17. The van der Waals surface area contributed by atoms with Crippen molar-refractivity contribution in [1.82, 2.24) is 0 Å². The van der Waals surface area contributed by atoms with E-state index in [0.29, 0.717) is 16.7 Å². The molecule has 0 radical (unpaired) electrons. The van der Waals surface area contributed by atoms with Crippen molar-refractivity contribution in [3.05, 3.63) is 144 Å². The molecule has 51 heavy (non-hydrogen) atoms. The molecule has 0 amide bonds. The van der Waals surface area contributed by atoms with Crippen molar-refractivity contribution in [1.29, 1.82) is 0 Å². The normalized spacial score (nSPS) is 11.3. The molecule has 0 saturated carbocycles. The summed E-state index contributed by atoms with van der Waals surface area (Å²) in [5, 5.41) is 10.1. The minimum atomic E-state index is -1.29. The van der Waals surface area contributed by atoms with Crippen LogP contribution < -0.4 is 18.9 Å². The standard InChI is InChI=1S/C42H37FO8/c1-24(2)39(44)48-35-19-16-31(22-37(35)50-41(46)26(5)6)30-14-11-28(12-15-30)9-10-29-13-18-33(34(43)21-29)32-17-20-36(49-40(45)25(3)4)38(23-32)51-42(47)27(7)8/h9-23,39,44H,1,3,5,7H2,2,4,6,8H3/b10-9+. The number of benzene rings is 4. The number of hydrogen-bond donors (Lipinski definition) is 1. The van der Waals surface area contributed by atoms with E-state index < -0.39 is 30.0 Å². The van der Waals surface area contributed by atoms with Crippen LogP contribution in [0.5, 0.6) is 23.0 Å². The zero-order chi connectivity index (χ0) is 37.4. The van der Waals surface area contributed by atoms with Crippen LogP contribution in [-0.2, 0) is 14.4 Å². The van der Waals surface area contributed by atoms with Gasteiger partial charge in [-0.3, -0.25) is 0 Å². The maximum atomic E-state index is 15.4. The van der Waals surface area contributed by atoms with Crippen molar-refractivity contribution in [2.45, 2.75) is 34.0 Å². The Hall–Kier alpha value is -6.32. The van der Waals surface area contributed by atoms with Gasteiger partial charge in [-0.1, -0.05) is 87.0 Å². The molecule has 4 rings (SSSR count). The van der Waals surface area contributed by atoms with Crippen molar-refractivity contribution >= 4 is 30.1 Å². The molecular weight excluding hydrogens is 651 g/mol. The summed E-state index contributed by atoms with van der Waals surface area (Å²) in [5.74, 6) is -2.42. The largest absolute Gasteiger partial charge is 0.457 e. The van der Waals surface area contributed by atoms with Gasteiger partial charge in [-0.05, 0) is 91.4 Å². The molecule has 0 aliphatic carbocycles. The van der Waals surface area contributed by atoms with E-state index >= 15 is 4.39 Å². The van der Waals surface area contributed by atoms with Gasteiger partial charge in [-0.15, -0.1) is 0 Å². The van der Waals surface area contributed by atoms with Crippen molar-refractivity contribution < 1.29 is 42.8 Å². The summed E-state index contributed by atoms with van der Waals surface area (Å²) in [5.41, 5.74) is 4.46. The number of hydrogen-bond acceptors (Lipinski definition) is 8. The first kappa shape index (κ1) is 37.5. The fourth-order valence-corrected chi connectivity index (χ4v) is 4.33. The van der Waals surface area contributed by atoms with Crippen LogP contribution >= 0.6 is 0 Å². The van der Waals surface area contributed by atoms with Crippen LogP contribution in [0.15, 0.2) is 127 Å². The Bertz CT molecular complexity index is 2090. The zero-order valence-electron chi connectivity index (χ0n) is 28.7. The Kier molecular flexibility index (Phi) is 12.0. The molecule has 4 aromatic rings. The lowest BCUT2D eigenvalue weighted by atomic mass is 10.0. The molecule has 260 valence electrons. The van der Waals surface area contributed by atoms with Gasteiger partial charge in [0.25, 0.3) is 0 Å². The topological polar surface area (TPSA) is 108 Å². The third kappa shape index (κ3) is 9.87. The number of aliphatic hydroxyl groups is 1. The summed E-state index contributed by atoms with van der Waals surface area (Å²) >= 11 is 0. The highest BCUT2D eigenvalue weighted by atomic mass is 19.1. The number of carbonyl (C=O) groups excluding carboxylic acids is 3. The van der Waals surface area contributed by atoms with Crippen molar-refractivity contribution in [2.24, 2.45) is 0 Å². The fourth-order valence-electron chi connectivity index (χ4n) is 4.33. The average molecular weight is 689 g/mol. The molecule has 0 heterocycles. The molecule has 1 N–H and O–H groups in total. The summed E-state index contributed by atoms with van der Waals surface area (Å²) in [6.07, 6.45) is 2.30. The van der Waals surface area contributed by atoms with E-state index in [9.17, 15) is 19.5 Å². The van der Waals surface area contributed by atoms with Crippen LogP contribution in [0.2, 0.25) is 0 Å². The van der Waals surface area contributed by atoms with Crippen LogP contribution in [0, 0.1) is 5.82 Å². The van der Waals surface area contributed by atoms with E-state index in [4.69, 9.17) is 18.9 Å². The summed E-state index contributed by atoms with van der Waals surface area (Å²) in [6.45, 7) is 20.5. The first-order chi connectivity index (χ1) is 24.1. The van der Waals surface area contributed by atoms with Gasteiger partial charge < -0.3 is 24.1 Å². The predicted molar refractivity (Wildman–Crippen MR) is 195 cm³/mol. The number of ether oxygens (including phenoxy) is 4. The Labute approximate surface area is 296 Å². The molecule has 0 aromatic heterocycles. The van der Waals surface area contributed by atoms with Crippen molar-refractivity contribution in [2.75, 3.05) is 0 Å². The highest BCUT2D eigenvalue weighted by Crippen LogP contribution is 2.36. The Morgan fingerprint density at radius 1 is 0.588 bits per heavy atom. The van der Waals surface area contributed by atoms with Crippen molar-refractivity contribution in [3.63, 3.8) is 0 Å². The van der Waals surface area contributed by atoms with Gasteiger partial charge in [0, 0.05) is 22.3 Å². The molecule has 0 saturated heterocycles. The van der Waals surface area contributed by atoms with Gasteiger partial charge in [0.15, 0.2) is 23.0 Å². The van der Waals surface area contributed by atoms with Gasteiger partial charge in [-0.2, -0.15) is 0 Å². The highest BCUT2D eigenvalue weighted by Gasteiger charge is 2.19. The third-order valence-corrected chi connectivity index (χ3v) is 7.22. The first-order valence-electron chi connectivity index (χ1n) is 15.6. The van der Waals surface area contributed by atoms with Gasteiger partial charge in [0.2, 0.25) is 6.29 Å². The minimum Gasteiger partial charge on any atom is -0.457 e. The van der Waals surface area contributed by atoms with Gasteiger partial charge in [-0.25, -0.2) is 18.8 Å². The second kappa shape index (κ2) is 16.4. The van der Waals surface area contributed by atoms with Crippen LogP contribution in [-0.4, -0.2) is 29.3 Å². The zero-order valence-corrected chi connectivity index (χ0v) is 28.7.